The zero-order valence-corrected chi connectivity index (χ0v) is 33.7. The first-order chi connectivity index (χ1) is 26.4. The van der Waals surface area contributed by atoms with Gasteiger partial charge in [-0.05, 0) is 72.1 Å². The van der Waals surface area contributed by atoms with Crippen molar-refractivity contribution < 1.29 is 46.0 Å². The van der Waals surface area contributed by atoms with Crippen LogP contribution in [-0.2, 0) is 33.1 Å². The molecule has 0 aromatic heterocycles. The molecular formula is C36H28CaN6O12S2. The molecule has 0 unspecified atom stereocenters. The van der Waals surface area contributed by atoms with Crippen LogP contribution in [0.25, 0.3) is 21.5 Å². The summed E-state index contributed by atoms with van der Waals surface area (Å²) < 4.78 is 69.6. The van der Waals surface area contributed by atoms with Crippen LogP contribution in [0.5, 0.6) is 11.5 Å². The van der Waals surface area contributed by atoms with Gasteiger partial charge in [0.15, 0.2) is 0 Å². The van der Waals surface area contributed by atoms with Gasteiger partial charge in [0.2, 0.25) is 0 Å². The maximum Gasteiger partial charge on any atom is 2.00 e. The van der Waals surface area contributed by atoms with Crippen molar-refractivity contribution in [2.45, 2.75) is 36.5 Å². The molecule has 57 heavy (non-hydrogen) atoms. The van der Waals surface area contributed by atoms with Gasteiger partial charge in [0.05, 0.1) is 31.0 Å². The summed E-state index contributed by atoms with van der Waals surface area (Å²) in [6.07, 6.45) is 0.801. The summed E-state index contributed by atoms with van der Waals surface area (Å²) in [5.74, 6) is -0.713. The summed E-state index contributed by atoms with van der Waals surface area (Å²) >= 11 is 0. The van der Waals surface area contributed by atoms with Gasteiger partial charge in [-0.1, -0.05) is 50.2 Å². The number of hydrogen-bond donors (Lipinski definition) is 2. The molecule has 6 rings (SSSR count). The van der Waals surface area contributed by atoms with Crippen LogP contribution in [-0.4, -0.2) is 83.7 Å². The van der Waals surface area contributed by atoms with Crippen LogP contribution in [0.2, 0.25) is 0 Å². The van der Waals surface area contributed by atoms with E-state index in [1.165, 1.54) is 72.8 Å². The van der Waals surface area contributed by atoms with Crippen LogP contribution in [0.1, 0.15) is 25.0 Å². The van der Waals surface area contributed by atoms with Crippen LogP contribution in [0.15, 0.2) is 127 Å². The second-order valence-corrected chi connectivity index (χ2v) is 14.4. The molecule has 18 nitrogen and oxygen atoms in total. The molecule has 0 saturated carbocycles. The van der Waals surface area contributed by atoms with E-state index in [1.54, 1.807) is 26.0 Å². The van der Waals surface area contributed by atoms with Gasteiger partial charge in [0.1, 0.15) is 43.1 Å². The number of aryl methyl sites for hydroxylation is 2. The number of nitrogens with zero attached hydrogens (tertiary/aromatic N) is 6. The zero-order valence-electron chi connectivity index (χ0n) is 29.8. The van der Waals surface area contributed by atoms with Crippen molar-refractivity contribution in [3.8, 4) is 11.5 Å². The molecule has 21 heteroatoms. The van der Waals surface area contributed by atoms with Gasteiger partial charge in [-0.25, -0.2) is 16.8 Å². The number of phenolic OH excluding ortho intramolecular Hbond substituents is 2. The minimum atomic E-state index is -4.82. The fourth-order valence-corrected chi connectivity index (χ4v) is 7.08. The van der Waals surface area contributed by atoms with E-state index in [4.69, 9.17) is 0 Å². The van der Waals surface area contributed by atoms with Gasteiger partial charge in [-0.15, -0.1) is 10.2 Å². The molecule has 0 atom stereocenters. The molecule has 0 aliphatic heterocycles. The van der Waals surface area contributed by atoms with Gasteiger partial charge in [-0.3, -0.25) is 20.2 Å². The van der Waals surface area contributed by atoms with E-state index < -0.39 is 39.9 Å². The Morgan fingerprint density at radius 2 is 0.930 bits per heavy atom. The molecule has 0 fully saturated rings. The Morgan fingerprint density at radius 3 is 1.25 bits per heavy atom. The molecule has 0 saturated heterocycles. The topological polar surface area (TPSA) is 291 Å². The van der Waals surface area contributed by atoms with Crippen LogP contribution < -0.4 is 0 Å². The standard InChI is InChI=1S/2C18H15N3O6S.Ca/c2*1-2-11-10-13(7-8-14(11)21(23)24)19-20-18-15(22)9-6-12-4-3-5-16(17(12)18)28(25,26)27;/h2*3-10,22H,2H2,1H3,(H,25,26,27);/q;;+2/p-2. The third-order valence-corrected chi connectivity index (χ3v) is 10.0. The van der Waals surface area contributed by atoms with Gasteiger partial charge >= 0.3 is 37.7 Å². The Hall–Kier alpha value is -5.48. The fourth-order valence-electron chi connectivity index (χ4n) is 5.66. The number of fused-ring (bicyclic) bond motifs is 2. The van der Waals surface area contributed by atoms with Crippen LogP contribution in [0.3, 0.4) is 0 Å². The Balaban J connectivity index is 0.000000248. The van der Waals surface area contributed by atoms with E-state index in [1.807, 2.05) is 0 Å². The number of aromatic hydroxyl groups is 2. The number of benzene rings is 6. The van der Waals surface area contributed by atoms with Crippen molar-refractivity contribution in [1.29, 1.82) is 0 Å². The smallest absolute Gasteiger partial charge is 0.744 e. The van der Waals surface area contributed by atoms with Gasteiger partial charge in [0, 0.05) is 34.0 Å². The summed E-state index contributed by atoms with van der Waals surface area (Å²) in [7, 11) is -9.63. The first-order valence-electron chi connectivity index (χ1n) is 16.2. The van der Waals surface area contributed by atoms with E-state index in [9.17, 15) is 56.4 Å². The number of nitro groups is 2. The second kappa shape index (κ2) is 18.2. The third kappa shape index (κ3) is 10.1. The molecule has 0 spiro atoms. The van der Waals surface area contributed by atoms with E-state index in [0.717, 1.165) is 12.1 Å². The van der Waals surface area contributed by atoms with Gasteiger partial charge in [-0.2, -0.15) is 10.2 Å². The van der Waals surface area contributed by atoms with Crippen molar-refractivity contribution >= 4 is 114 Å². The van der Waals surface area contributed by atoms with Crippen molar-refractivity contribution in [3.63, 3.8) is 0 Å². The molecule has 2 N–H and O–H groups in total. The Labute approximate surface area is 354 Å². The number of nitro benzene ring substituents is 2. The summed E-state index contributed by atoms with van der Waals surface area (Å²) in [4.78, 5) is 20.0. The average molecular weight is 841 g/mol. The maximum absolute atomic E-state index is 11.6. The molecule has 0 aliphatic rings. The molecule has 6 aromatic rings. The molecule has 288 valence electrons. The van der Waals surface area contributed by atoms with E-state index in [-0.39, 0.29) is 94.1 Å². The summed E-state index contributed by atoms with van der Waals surface area (Å²) in [5, 5.41) is 58.8. The number of azo groups is 2. The van der Waals surface area contributed by atoms with E-state index in [2.05, 4.69) is 20.5 Å². The molecule has 0 heterocycles. The zero-order chi connectivity index (χ0) is 40.9. The Kier molecular flexibility index (Phi) is 14.1. The van der Waals surface area contributed by atoms with Crippen molar-refractivity contribution in [3.05, 3.63) is 128 Å². The van der Waals surface area contributed by atoms with E-state index in [0.29, 0.717) is 34.7 Å². The van der Waals surface area contributed by atoms with Crippen LogP contribution >= 0.6 is 0 Å². The number of phenols is 2. The largest absolute Gasteiger partial charge is 2.00 e. The molecule has 0 bridgehead atoms. The number of rotatable bonds is 10. The Morgan fingerprint density at radius 1 is 0.561 bits per heavy atom. The quantitative estimate of drug-likeness (QED) is 0.0433. The number of hydrogen-bond acceptors (Lipinski definition) is 16. The van der Waals surface area contributed by atoms with Crippen molar-refractivity contribution in [2.75, 3.05) is 0 Å². The van der Waals surface area contributed by atoms with Crippen LogP contribution in [0.4, 0.5) is 34.1 Å². The molecule has 0 amide bonds. The van der Waals surface area contributed by atoms with Gasteiger partial charge in [0.25, 0.3) is 11.4 Å². The predicted octanol–water partition coefficient (Wildman–Crippen LogP) is 8.29. The van der Waals surface area contributed by atoms with Crippen LogP contribution in [0, 0.1) is 20.2 Å². The van der Waals surface area contributed by atoms with Crippen molar-refractivity contribution in [1.82, 2.24) is 0 Å². The molecule has 0 radical (unpaired) electrons. The third-order valence-electron chi connectivity index (χ3n) is 8.27. The molecule has 6 aromatic carbocycles. The molecular weight excluding hydrogens is 813 g/mol. The fraction of sp³-hybridized carbons (Fsp3) is 0.111. The first kappa shape index (κ1) is 44.2. The summed E-state index contributed by atoms with van der Waals surface area (Å²) in [6, 6.07) is 22.1. The maximum atomic E-state index is 11.6. The minimum Gasteiger partial charge on any atom is -0.744 e. The predicted molar refractivity (Wildman–Crippen MR) is 206 cm³/mol. The van der Waals surface area contributed by atoms with Gasteiger partial charge < -0.3 is 19.3 Å². The van der Waals surface area contributed by atoms with E-state index >= 15 is 0 Å². The molecule has 0 aliphatic carbocycles. The monoisotopic (exact) mass is 840 g/mol. The SMILES string of the molecule is CCc1cc(N=Nc2c(O)ccc3cccc(S(=O)(=O)[O-])c23)ccc1[N+](=O)[O-].CCc1cc(N=Nc2c(O)ccc3cccc(S(=O)(=O)[O-])c23)ccc1[N+](=O)[O-].[Ca+2]. The summed E-state index contributed by atoms with van der Waals surface area (Å²) in [5.41, 5.74) is 1.01. The first-order valence-corrected chi connectivity index (χ1v) is 19.1. The Bertz CT molecular complexity index is 2640. The second-order valence-electron chi connectivity index (χ2n) is 11.7. The minimum absolute atomic E-state index is 0. The van der Waals surface area contributed by atoms with Crippen molar-refractivity contribution in [2.24, 2.45) is 20.5 Å². The average Bonchev–Trinajstić information content (AvgIpc) is 3.15. The normalized spacial score (nSPS) is 11.7. The summed E-state index contributed by atoms with van der Waals surface area (Å²) in [6.45, 7) is 3.51.